The number of carbonyl (C=O) groups excluding carboxylic acids is 1. The Hall–Kier alpha value is -3.93. The molecule has 1 amide bonds. The SMILES string of the molecule is O=C(N/N=C/c1cccc([N+](=O)[O-])c1)c1nn(Cc2ccc([N+](=O)[O-])cc2)cc1Br. The molecule has 0 spiro atoms. The second-order valence-corrected chi connectivity index (χ2v) is 6.85. The number of nitrogens with zero attached hydrogens (tertiary/aromatic N) is 5. The van der Waals surface area contributed by atoms with E-state index in [0.29, 0.717) is 16.6 Å². The maximum absolute atomic E-state index is 12.3. The molecule has 11 nitrogen and oxygen atoms in total. The van der Waals surface area contributed by atoms with Crippen LogP contribution in [0.1, 0.15) is 21.6 Å². The number of rotatable bonds is 7. The van der Waals surface area contributed by atoms with Crippen LogP contribution in [0.25, 0.3) is 0 Å². The lowest BCUT2D eigenvalue weighted by Crippen LogP contribution is -2.19. The van der Waals surface area contributed by atoms with Crippen molar-refractivity contribution in [2.45, 2.75) is 6.54 Å². The van der Waals surface area contributed by atoms with Gasteiger partial charge in [-0.2, -0.15) is 10.2 Å². The molecule has 0 fully saturated rings. The van der Waals surface area contributed by atoms with Crippen molar-refractivity contribution in [1.29, 1.82) is 0 Å². The summed E-state index contributed by atoms with van der Waals surface area (Å²) in [5.41, 5.74) is 3.53. The lowest BCUT2D eigenvalue weighted by Gasteiger charge is -2.01. The Balaban J connectivity index is 1.65. The molecular formula is C18H13BrN6O5. The van der Waals surface area contributed by atoms with Crippen LogP contribution in [0.2, 0.25) is 0 Å². The second-order valence-electron chi connectivity index (χ2n) is 6.00. The Bertz CT molecular complexity index is 1140. The van der Waals surface area contributed by atoms with Gasteiger partial charge in [-0.25, -0.2) is 5.43 Å². The molecule has 0 saturated carbocycles. The van der Waals surface area contributed by atoms with Crippen LogP contribution in [-0.4, -0.2) is 31.7 Å². The Kier molecular flexibility index (Phi) is 6.27. The number of nitro benzene ring substituents is 2. The standard InChI is InChI=1S/C18H13BrN6O5/c19-16-11-23(10-12-4-6-14(7-5-12)24(27)28)22-17(16)18(26)21-20-9-13-2-1-3-15(8-13)25(29)30/h1-9,11H,10H2,(H,21,26)/b20-9+. The highest BCUT2D eigenvalue weighted by Crippen LogP contribution is 2.17. The van der Waals surface area contributed by atoms with Crippen molar-refractivity contribution in [1.82, 2.24) is 15.2 Å². The summed E-state index contributed by atoms with van der Waals surface area (Å²) in [7, 11) is 0. The highest BCUT2D eigenvalue weighted by molar-refractivity contribution is 9.10. The van der Waals surface area contributed by atoms with Crippen molar-refractivity contribution < 1.29 is 14.6 Å². The normalized spacial score (nSPS) is 10.8. The number of hydrogen-bond donors (Lipinski definition) is 1. The van der Waals surface area contributed by atoms with E-state index < -0.39 is 15.8 Å². The zero-order valence-corrected chi connectivity index (χ0v) is 16.7. The van der Waals surface area contributed by atoms with Gasteiger partial charge < -0.3 is 0 Å². The van der Waals surface area contributed by atoms with Crippen molar-refractivity contribution in [3.8, 4) is 0 Å². The number of carbonyl (C=O) groups is 1. The van der Waals surface area contributed by atoms with E-state index in [2.05, 4.69) is 31.6 Å². The van der Waals surface area contributed by atoms with E-state index in [1.165, 1.54) is 41.2 Å². The fraction of sp³-hybridized carbons (Fsp3) is 0.0556. The zero-order chi connectivity index (χ0) is 21.7. The van der Waals surface area contributed by atoms with Gasteiger partial charge in [0.25, 0.3) is 17.3 Å². The first-order chi connectivity index (χ1) is 14.3. The third kappa shape index (κ3) is 5.11. The molecule has 1 N–H and O–H groups in total. The van der Waals surface area contributed by atoms with E-state index in [1.807, 2.05) is 0 Å². The minimum absolute atomic E-state index is 0.0120. The summed E-state index contributed by atoms with van der Waals surface area (Å²) < 4.78 is 1.94. The molecule has 1 heterocycles. The summed E-state index contributed by atoms with van der Waals surface area (Å²) >= 11 is 3.26. The third-order valence-corrected chi connectivity index (χ3v) is 4.46. The van der Waals surface area contributed by atoms with E-state index in [4.69, 9.17) is 0 Å². The number of aromatic nitrogens is 2. The van der Waals surface area contributed by atoms with Gasteiger partial charge in [0.1, 0.15) is 0 Å². The lowest BCUT2D eigenvalue weighted by atomic mass is 10.2. The van der Waals surface area contributed by atoms with E-state index in [1.54, 1.807) is 24.4 Å². The highest BCUT2D eigenvalue weighted by Gasteiger charge is 2.15. The Morgan fingerprint density at radius 1 is 1.13 bits per heavy atom. The number of benzene rings is 2. The largest absolute Gasteiger partial charge is 0.293 e. The molecule has 12 heteroatoms. The maximum atomic E-state index is 12.3. The van der Waals surface area contributed by atoms with Crippen molar-refractivity contribution in [2.24, 2.45) is 5.10 Å². The molecule has 0 aliphatic carbocycles. The van der Waals surface area contributed by atoms with E-state index in [0.717, 1.165) is 5.56 Å². The number of nitrogens with one attached hydrogen (secondary N) is 1. The number of nitro groups is 2. The predicted octanol–water partition coefficient (Wildman–Crippen LogP) is 3.27. The third-order valence-electron chi connectivity index (χ3n) is 3.88. The van der Waals surface area contributed by atoms with Crippen molar-refractivity contribution in [3.63, 3.8) is 0 Å². The van der Waals surface area contributed by atoms with Crippen LogP contribution in [0.5, 0.6) is 0 Å². The number of hydrazone groups is 1. The lowest BCUT2D eigenvalue weighted by molar-refractivity contribution is -0.385. The first-order valence-electron chi connectivity index (χ1n) is 8.37. The predicted molar refractivity (Wildman–Crippen MR) is 110 cm³/mol. The highest BCUT2D eigenvalue weighted by atomic mass is 79.9. The van der Waals surface area contributed by atoms with Gasteiger partial charge in [0.15, 0.2) is 5.69 Å². The minimum atomic E-state index is -0.578. The molecule has 0 aliphatic rings. The van der Waals surface area contributed by atoms with Gasteiger partial charge >= 0.3 is 0 Å². The van der Waals surface area contributed by atoms with Crippen LogP contribution >= 0.6 is 15.9 Å². The molecule has 0 radical (unpaired) electrons. The number of non-ortho nitro benzene ring substituents is 2. The monoisotopic (exact) mass is 472 g/mol. The van der Waals surface area contributed by atoms with Gasteiger partial charge in [-0.1, -0.05) is 24.3 Å². The molecule has 2 aromatic carbocycles. The summed E-state index contributed by atoms with van der Waals surface area (Å²) in [5.74, 6) is -0.578. The van der Waals surface area contributed by atoms with Gasteiger partial charge in [0.2, 0.25) is 0 Å². The van der Waals surface area contributed by atoms with Gasteiger partial charge in [-0.3, -0.25) is 29.7 Å². The summed E-state index contributed by atoms with van der Waals surface area (Å²) in [4.78, 5) is 32.8. The molecule has 1 aromatic heterocycles. The molecular weight excluding hydrogens is 460 g/mol. The number of hydrogen-bond acceptors (Lipinski definition) is 7. The van der Waals surface area contributed by atoms with Crippen LogP contribution < -0.4 is 5.43 Å². The van der Waals surface area contributed by atoms with Crippen molar-refractivity contribution in [3.05, 3.63) is 96.2 Å². The first-order valence-corrected chi connectivity index (χ1v) is 9.17. The molecule has 0 aliphatic heterocycles. The van der Waals surface area contributed by atoms with Gasteiger partial charge in [0, 0.05) is 36.0 Å². The molecule has 30 heavy (non-hydrogen) atoms. The second kappa shape index (κ2) is 9.05. The summed E-state index contributed by atoms with van der Waals surface area (Å²) in [5, 5.41) is 29.5. The molecule has 0 bridgehead atoms. The van der Waals surface area contributed by atoms with Crippen molar-refractivity contribution in [2.75, 3.05) is 0 Å². The molecule has 0 unspecified atom stereocenters. The Labute approximate surface area is 177 Å². The molecule has 3 aromatic rings. The van der Waals surface area contributed by atoms with Crippen LogP contribution in [0, 0.1) is 20.2 Å². The number of halogens is 1. The van der Waals surface area contributed by atoms with Crippen LogP contribution in [0.3, 0.4) is 0 Å². The smallest absolute Gasteiger partial charge is 0.266 e. The molecule has 0 saturated heterocycles. The molecule has 152 valence electrons. The topological polar surface area (TPSA) is 146 Å². The van der Waals surface area contributed by atoms with E-state index in [-0.39, 0.29) is 17.1 Å². The average Bonchev–Trinajstić information content (AvgIpc) is 3.08. The summed E-state index contributed by atoms with van der Waals surface area (Å²) in [6.45, 7) is 0.306. The van der Waals surface area contributed by atoms with Gasteiger partial charge in [0.05, 0.1) is 27.1 Å². The quantitative estimate of drug-likeness (QED) is 0.317. The Morgan fingerprint density at radius 3 is 2.50 bits per heavy atom. The van der Waals surface area contributed by atoms with Crippen molar-refractivity contribution >= 4 is 39.4 Å². The fourth-order valence-corrected chi connectivity index (χ4v) is 2.97. The summed E-state index contributed by atoms with van der Waals surface area (Å²) in [6, 6.07) is 11.8. The van der Waals surface area contributed by atoms with E-state index >= 15 is 0 Å². The van der Waals surface area contributed by atoms with Gasteiger partial charge in [-0.05, 0) is 21.5 Å². The average molecular weight is 473 g/mol. The Morgan fingerprint density at radius 2 is 1.83 bits per heavy atom. The fourth-order valence-electron chi connectivity index (χ4n) is 2.48. The zero-order valence-electron chi connectivity index (χ0n) is 15.1. The molecule has 0 atom stereocenters. The van der Waals surface area contributed by atoms with Crippen LogP contribution in [0.15, 0.2) is 64.3 Å². The number of amides is 1. The first kappa shape index (κ1) is 20.8. The van der Waals surface area contributed by atoms with E-state index in [9.17, 15) is 25.0 Å². The minimum Gasteiger partial charge on any atom is -0.266 e. The summed E-state index contributed by atoms with van der Waals surface area (Å²) in [6.07, 6.45) is 2.88. The molecule has 3 rings (SSSR count). The van der Waals surface area contributed by atoms with Crippen LogP contribution in [0.4, 0.5) is 11.4 Å². The van der Waals surface area contributed by atoms with Crippen LogP contribution in [-0.2, 0) is 6.54 Å². The van der Waals surface area contributed by atoms with Gasteiger partial charge in [-0.15, -0.1) is 0 Å². The maximum Gasteiger partial charge on any atom is 0.293 e.